The van der Waals surface area contributed by atoms with E-state index in [-0.39, 0.29) is 35.8 Å². The molecule has 0 bridgehead atoms. The van der Waals surface area contributed by atoms with Crippen LogP contribution in [0.25, 0.3) is 0 Å². The topological polar surface area (TPSA) is 122 Å². The number of hydrogen-bond donors (Lipinski definition) is 3. The molecule has 40 heavy (non-hydrogen) atoms. The van der Waals surface area contributed by atoms with E-state index in [4.69, 9.17) is 29.4 Å². The van der Waals surface area contributed by atoms with Gasteiger partial charge in [-0.05, 0) is 61.1 Å². The molecule has 1 aliphatic heterocycles. The van der Waals surface area contributed by atoms with E-state index < -0.39 is 12.1 Å². The number of aliphatic hydroxyl groups is 1. The lowest BCUT2D eigenvalue weighted by Gasteiger charge is -2.32. The van der Waals surface area contributed by atoms with Crippen LogP contribution in [0.5, 0.6) is 11.5 Å². The van der Waals surface area contributed by atoms with E-state index in [0.29, 0.717) is 56.7 Å². The number of nitrogens with two attached hydrogens (primary N) is 1. The average molecular weight is 567 g/mol. The van der Waals surface area contributed by atoms with Crippen molar-refractivity contribution in [2.24, 2.45) is 29.4 Å². The summed E-state index contributed by atoms with van der Waals surface area (Å²) in [6.45, 7) is 10.6. The lowest BCUT2D eigenvalue weighted by atomic mass is 9.80. The van der Waals surface area contributed by atoms with Gasteiger partial charge < -0.3 is 39.8 Å². The molecule has 1 fully saturated rings. The molecule has 1 aromatic carbocycles. The van der Waals surface area contributed by atoms with Crippen LogP contribution in [-0.4, -0.2) is 83.1 Å². The third-order valence-electron chi connectivity index (χ3n) is 7.98. The molecule has 0 aliphatic carbocycles. The van der Waals surface area contributed by atoms with Crippen LogP contribution in [-0.2, 0) is 25.4 Å². The van der Waals surface area contributed by atoms with Crippen LogP contribution in [0.4, 0.5) is 0 Å². The van der Waals surface area contributed by atoms with Crippen molar-refractivity contribution in [1.82, 2.24) is 5.32 Å². The maximum atomic E-state index is 13.2. The predicted molar refractivity (Wildman–Crippen MR) is 157 cm³/mol. The van der Waals surface area contributed by atoms with Crippen LogP contribution in [0.3, 0.4) is 0 Å². The minimum Gasteiger partial charge on any atom is -0.493 e. The van der Waals surface area contributed by atoms with Crippen LogP contribution in [0.1, 0.15) is 58.9 Å². The number of benzene rings is 1. The number of methoxy groups -OCH3 is 3. The van der Waals surface area contributed by atoms with Crippen molar-refractivity contribution < 1.29 is 33.6 Å². The molecule has 2 rings (SSSR count). The van der Waals surface area contributed by atoms with Crippen molar-refractivity contribution in [3.8, 4) is 11.5 Å². The molecule has 1 heterocycles. The van der Waals surface area contributed by atoms with Crippen molar-refractivity contribution in [3.63, 3.8) is 0 Å². The Hall–Kier alpha value is -1.91. The van der Waals surface area contributed by atoms with E-state index >= 15 is 0 Å². The highest BCUT2D eigenvalue weighted by Crippen LogP contribution is 2.32. The SMILES string of the molecule is COCCCOc1cc(CC(CC(N)C(O)CC(C(=O)N[C@@H]2COC[C@H](OC)C2)C(C)C)C(C)C)ccc1OC. The normalized spacial score (nSPS) is 20.7. The van der Waals surface area contributed by atoms with Gasteiger partial charge in [0.05, 0.1) is 45.2 Å². The van der Waals surface area contributed by atoms with Gasteiger partial charge >= 0.3 is 0 Å². The van der Waals surface area contributed by atoms with Gasteiger partial charge in [-0.1, -0.05) is 33.8 Å². The summed E-state index contributed by atoms with van der Waals surface area (Å²) in [5.74, 6) is 1.67. The van der Waals surface area contributed by atoms with Gasteiger partial charge in [0.15, 0.2) is 11.5 Å². The van der Waals surface area contributed by atoms with Gasteiger partial charge in [0.25, 0.3) is 0 Å². The van der Waals surface area contributed by atoms with Crippen LogP contribution in [0, 0.1) is 23.7 Å². The van der Waals surface area contributed by atoms with Crippen LogP contribution in [0.15, 0.2) is 18.2 Å². The highest BCUT2D eigenvalue weighted by Gasteiger charge is 2.32. The van der Waals surface area contributed by atoms with Gasteiger partial charge in [0, 0.05) is 39.2 Å². The molecule has 0 aromatic heterocycles. The molecule has 1 saturated heterocycles. The number of nitrogens with one attached hydrogen (secondary N) is 1. The maximum Gasteiger partial charge on any atom is 0.223 e. The summed E-state index contributed by atoms with van der Waals surface area (Å²) >= 11 is 0. The summed E-state index contributed by atoms with van der Waals surface area (Å²) in [5.41, 5.74) is 7.70. The molecular weight excluding hydrogens is 512 g/mol. The minimum atomic E-state index is -0.788. The van der Waals surface area contributed by atoms with E-state index in [1.54, 1.807) is 21.3 Å². The molecule has 9 heteroatoms. The molecule has 230 valence electrons. The Morgan fingerprint density at radius 3 is 2.45 bits per heavy atom. The second-order valence-corrected chi connectivity index (χ2v) is 11.8. The fourth-order valence-electron chi connectivity index (χ4n) is 5.23. The summed E-state index contributed by atoms with van der Waals surface area (Å²) < 4.78 is 27.5. The fraction of sp³-hybridized carbons (Fsp3) is 0.774. The summed E-state index contributed by atoms with van der Waals surface area (Å²) in [7, 11) is 4.97. The van der Waals surface area contributed by atoms with E-state index in [2.05, 4.69) is 25.2 Å². The number of rotatable bonds is 18. The van der Waals surface area contributed by atoms with Gasteiger partial charge in [-0.25, -0.2) is 0 Å². The molecule has 0 saturated carbocycles. The molecular formula is C31H54N2O7. The average Bonchev–Trinajstić information content (AvgIpc) is 2.93. The molecule has 0 radical (unpaired) electrons. The van der Waals surface area contributed by atoms with Crippen molar-refractivity contribution in [3.05, 3.63) is 23.8 Å². The number of hydrogen-bond acceptors (Lipinski definition) is 8. The molecule has 4 N–H and O–H groups in total. The fourth-order valence-corrected chi connectivity index (χ4v) is 5.23. The van der Waals surface area contributed by atoms with E-state index in [1.807, 2.05) is 26.0 Å². The highest BCUT2D eigenvalue weighted by atomic mass is 16.5. The van der Waals surface area contributed by atoms with Gasteiger partial charge in [0.1, 0.15) is 0 Å². The van der Waals surface area contributed by atoms with Gasteiger partial charge in [-0.3, -0.25) is 4.79 Å². The van der Waals surface area contributed by atoms with Crippen LogP contribution >= 0.6 is 0 Å². The molecule has 0 spiro atoms. The first-order valence-corrected chi connectivity index (χ1v) is 14.7. The van der Waals surface area contributed by atoms with Crippen molar-refractivity contribution in [2.45, 2.75) is 84.1 Å². The van der Waals surface area contributed by atoms with Gasteiger partial charge in [-0.2, -0.15) is 0 Å². The Morgan fingerprint density at radius 2 is 1.82 bits per heavy atom. The Balaban J connectivity index is 2.00. The lowest BCUT2D eigenvalue weighted by Crippen LogP contribution is -2.49. The second-order valence-electron chi connectivity index (χ2n) is 11.8. The third-order valence-corrected chi connectivity index (χ3v) is 7.98. The lowest BCUT2D eigenvalue weighted by molar-refractivity contribution is -0.130. The predicted octanol–water partition coefficient (Wildman–Crippen LogP) is 3.59. The van der Waals surface area contributed by atoms with Crippen LogP contribution in [0.2, 0.25) is 0 Å². The monoisotopic (exact) mass is 566 g/mol. The molecule has 1 aliphatic rings. The van der Waals surface area contributed by atoms with Gasteiger partial charge in [-0.15, -0.1) is 0 Å². The minimum absolute atomic E-state index is 0.0208. The Labute approximate surface area is 241 Å². The van der Waals surface area contributed by atoms with E-state index in [9.17, 15) is 9.90 Å². The van der Waals surface area contributed by atoms with E-state index in [0.717, 1.165) is 24.8 Å². The standard InChI is InChI=1S/C31H54N2O7/c1-20(2)23(13-22-9-10-29(38-7)30(14-22)40-12-8-11-36-5)15-27(32)28(34)17-26(21(3)4)31(35)33-24-16-25(37-6)19-39-18-24/h9-10,14,20-21,23-28,34H,8,11-13,15-19,32H2,1-7H3,(H,33,35)/t23?,24-,25+,26?,27?,28?/m0/s1. The summed E-state index contributed by atoms with van der Waals surface area (Å²) in [6.07, 6.45) is 2.47. The van der Waals surface area contributed by atoms with E-state index in [1.165, 1.54) is 0 Å². The Kier molecular flexibility index (Phi) is 15.3. The number of ether oxygens (including phenoxy) is 5. The van der Waals surface area contributed by atoms with Crippen molar-refractivity contribution in [2.75, 3.05) is 47.8 Å². The quantitative estimate of drug-likeness (QED) is 0.231. The smallest absolute Gasteiger partial charge is 0.223 e. The molecule has 1 aromatic rings. The zero-order valence-electron chi connectivity index (χ0n) is 25.7. The number of carbonyl (C=O) groups excluding carboxylic acids is 1. The molecule has 6 atom stereocenters. The van der Waals surface area contributed by atoms with Crippen molar-refractivity contribution in [1.29, 1.82) is 0 Å². The zero-order chi connectivity index (χ0) is 29.7. The third kappa shape index (κ3) is 11.2. The first kappa shape index (κ1) is 34.3. The summed E-state index contributed by atoms with van der Waals surface area (Å²) in [6, 6.07) is 5.49. The Morgan fingerprint density at radius 1 is 1.07 bits per heavy atom. The molecule has 4 unspecified atom stereocenters. The first-order chi connectivity index (χ1) is 19.1. The first-order valence-electron chi connectivity index (χ1n) is 14.7. The Bertz CT molecular complexity index is 866. The van der Waals surface area contributed by atoms with Gasteiger partial charge in [0.2, 0.25) is 5.91 Å². The number of carbonyl (C=O) groups is 1. The molecule has 1 amide bonds. The summed E-state index contributed by atoms with van der Waals surface area (Å²) in [5, 5.41) is 14.2. The molecule has 9 nitrogen and oxygen atoms in total. The number of amides is 1. The second kappa shape index (κ2) is 17.8. The van der Waals surface area contributed by atoms with Crippen LogP contribution < -0.4 is 20.5 Å². The highest BCUT2D eigenvalue weighted by molar-refractivity contribution is 5.79. The zero-order valence-corrected chi connectivity index (χ0v) is 25.7. The number of aliphatic hydroxyl groups excluding tert-OH is 1. The largest absolute Gasteiger partial charge is 0.493 e. The summed E-state index contributed by atoms with van der Waals surface area (Å²) in [4.78, 5) is 13.2. The maximum absolute atomic E-state index is 13.2. The van der Waals surface area contributed by atoms with Crippen molar-refractivity contribution >= 4 is 5.91 Å².